The summed E-state index contributed by atoms with van der Waals surface area (Å²) in [6.07, 6.45) is 7.34. The molecule has 1 aliphatic rings. The van der Waals surface area contributed by atoms with Crippen molar-refractivity contribution >= 4 is 0 Å². The van der Waals surface area contributed by atoms with Crippen LogP contribution in [0.4, 0.5) is 0 Å². The monoisotopic (exact) mass is 154 g/mol. The molecule has 1 saturated carbocycles. The van der Waals surface area contributed by atoms with Crippen LogP contribution < -0.4 is 5.73 Å². The normalized spacial score (nSPS) is 39.0. The fraction of sp³-hybridized carbons (Fsp3) is 1.00. The van der Waals surface area contributed by atoms with Crippen LogP contribution in [0.5, 0.6) is 0 Å². The van der Waals surface area contributed by atoms with E-state index in [0.29, 0.717) is 5.92 Å². The minimum absolute atomic E-state index is 0.0625. The average molecular weight is 154 g/mol. The molecule has 0 aromatic heterocycles. The first-order chi connectivity index (χ1) is 5.23. The maximum atomic E-state index is 8.23. The first-order valence-corrected chi connectivity index (χ1v) is 4.98. The zero-order valence-corrected chi connectivity index (χ0v) is 7.82. The fourth-order valence-electron chi connectivity index (χ4n) is 2.37. The molecule has 0 aromatic rings. The summed E-state index contributed by atoms with van der Waals surface area (Å²) in [5, 5.41) is 0. The van der Waals surface area contributed by atoms with Gasteiger partial charge in [0.2, 0.25) is 0 Å². The van der Waals surface area contributed by atoms with Gasteiger partial charge in [0, 0.05) is 5.54 Å². The van der Waals surface area contributed by atoms with Gasteiger partial charge in [-0.3, -0.25) is 5.73 Å². The van der Waals surface area contributed by atoms with E-state index < -0.39 is 0 Å². The first-order valence-electron chi connectivity index (χ1n) is 4.98. The van der Waals surface area contributed by atoms with Gasteiger partial charge < -0.3 is 0 Å². The summed E-state index contributed by atoms with van der Waals surface area (Å²) >= 11 is 0. The largest absolute Gasteiger partial charge is 0.251 e. The van der Waals surface area contributed by atoms with Crippen molar-refractivity contribution in [1.82, 2.24) is 5.73 Å². The molecule has 0 bridgehead atoms. The molecule has 0 spiro atoms. The van der Waals surface area contributed by atoms with Crippen LogP contribution in [0.25, 0.3) is 0 Å². The van der Waals surface area contributed by atoms with E-state index in [9.17, 15) is 0 Å². The van der Waals surface area contributed by atoms with Gasteiger partial charge in [-0.25, -0.2) is 0 Å². The lowest BCUT2D eigenvalue weighted by Crippen LogP contribution is -2.41. The Morgan fingerprint density at radius 2 is 2.09 bits per heavy atom. The second-order valence-corrected chi connectivity index (χ2v) is 3.86. The van der Waals surface area contributed by atoms with Gasteiger partial charge >= 0.3 is 0 Å². The van der Waals surface area contributed by atoms with Crippen LogP contribution in [0.1, 0.15) is 52.4 Å². The summed E-state index contributed by atoms with van der Waals surface area (Å²) in [7, 11) is 0. The summed E-state index contributed by atoms with van der Waals surface area (Å²) in [6.45, 7) is 4.40. The third kappa shape index (κ3) is 1.76. The quantitative estimate of drug-likeness (QED) is 0.584. The van der Waals surface area contributed by atoms with Crippen molar-refractivity contribution in [2.75, 3.05) is 0 Å². The van der Waals surface area contributed by atoms with E-state index in [0.717, 1.165) is 12.8 Å². The minimum Gasteiger partial charge on any atom is -0.251 e. The number of hydrogen-bond donors (Lipinski definition) is 0. The molecular formula is C10H20N. The standard InChI is InChI=1S/C10H20N/c1-3-9-7-5-6-8-10(9,11)4-2/h9,11H,3-8H2,1-2H3. The molecule has 11 heavy (non-hydrogen) atoms. The molecular weight excluding hydrogens is 134 g/mol. The smallest absolute Gasteiger partial charge is 0.0349 e. The number of nitrogens with one attached hydrogen (secondary N) is 1. The van der Waals surface area contributed by atoms with E-state index in [2.05, 4.69) is 13.8 Å². The van der Waals surface area contributed by atoms with Gasteiger partial charge in [-0.1, -0.05) is 33.1 Å². The van der Waals surface area contributed by atoms with Crippen LogP contribution in [-0.2, 0) is 0 Å². The van der Waals surface area contributed by atoms with Crippen molar-refractivity contribution < 1.29 is 0 Å². The lowest BCUT2D eigenvalue weighted by Gasteiger charge is -2.39. The molecule has 1 aliphatic carbocycles. The van der Waals surface area contributed by atoms with Gasteiger partial charge in [0.05, 0.1) is 0 Å². The van der Waals surface area contributed by atoms with Gasteiger partial charge in [0.25, 0.3) is 0 Å². The van der Waals surface area contributed by atoms with Crippen LogP contribution >= 0.6 is 0 Å². The van der Waals surface area contributed by atoms with E-state index in [4.69, 9.17) is 5.73 Å². The lowest BCUT2D eigenvalue weighted by atomic mass is 9.71. The molecule has 0 saturated heterocycles. The summed E-state index contributed by atoms with van der Waals surface area (Å²) < 4.78 is 0. The highest BCUT2D eigenvalue weighted by molar-refractivity contribution is 4.91. The van der Waals surface area contributed by atoms with Crippen molar-refractivity contribution in [3.8, 4) is 0 Å². The van der Waals surface area contributed by atoms with Gasteiger partial charge in [0.15, 0.2) is 0 Å². The van der Waals surface area contributed by atoms with Crippen LogP contribution in [0, 0.1) is 5.92 Å². The van der Waals surface area contributed by atoms with Crippen molar-refractivity contribution in [1.29, 1.82) is 0 Å². The van der Waals surface area contributed by atoms with E-state index >= 15 is 0 Å². The highest BCUT2D eigenvalue weighted by Gasteiger charge is 2.34. The van der Waals surface area contributed by atoms with Crippen LogP contribution in [0.3, 0.4) is 0 Å². The number of rotatable bonds is 2. The molecule has 0 aliphatic heterocycles. The Morgan fingerprint density at radius 1 is 1.36 bits per heavy atom. The average Bonchev–Trinajstić information content (AvgIpc) is 2.05. The third-order valence-electron chi connectivity index (χ3n) is 3.33. The molecule has 1 radical (unpaired) electrons. The molecule has 2 unspecified atom stereocenters. The Morgan fingerprint density at radius 3 is 2.55 bits per heavy atom. The van der Waals surface area contributed by atoms with Gasteiger partial charge in [-0.05, 0) is 25.2 Å². The topological polar surface area (TPSA) is 23.8 Å². The summed E-state index contributed by atoms with van der Waals surface area (Å²) in [5.41, 5.74) is 8.16. The van der Waals surface area contributed by atoms with E-state index in [1.807, 2.05) is 0 Å². The highest BCUT2D eigenvalue weighted by Crippen LogP contribution is 2.37. The molecule has 1 nitrogen and oxygen atoms in total. The summed E-state index contributed by atoms with van der Waals surface area (Å²) in [5.74, 6) is 0.682. The van der Waals surface area contributed by atoms with Crippen molar-refractivity contribution in [3.63, 3.8) is 0 Å². The molecule has 65 valence electrons. The van der Waals surface area contributed by atoms with Gasteiger partial charge in [-0.15, -0.1) is 0 Å². The molecule has 0 heterocycles. The second-order valence-electron chi connectivity index (χ2n) is 3.86. The van der Waals surface area contributed by atoms with Gasteiger partial charge in [0.1, 0.15) is 0 Å². The van der Waals surface area contributed by atoms with Crippen LogP contribution in [0.2, 0.25) is 0 Å². The van der Waals surface area contributed by atoms with Gasteiger partial charge in [-0.2, -0.15) is 0 Å². The number of hydrogen-bond acceptors (Lipinski definition) is 0. The van der Waals surface area contributed by atoms with Crippen molar-refractivity contribution in [3.05, 3.63) is 0 Å². The lowest BCUT2D eigenvalue weighted by molar-refractivity contribution is 0.169. The highest BCUT2D eigenvalue weighted by atomic mass is 14.8. The molecule has 1 N–H and O–H groups in total. The van der Waals surface area contributed by atoms with Crippen LogP contribution in [-0.4, -0.2) is 5.54 Å². The Labute approximate surface area is 70.4 Å². The molecule has 1 fully saturated rings. The van der Waals surface area contributed by atoms with E-state index in [1.54, 1.807) is 0 Å². The Hall–Kier alpha value is -0.0400. The molecule has 2 atom stereocenters. The third-order valence-corrected chi connectivity index (χ3v) is 3.33. The predicted molar refractivity (Wildman–Crippen MR) is 48.4 cm³/mol. The van der Waals surface area contributed by atoms with Crippen LogP contribution in [0.15, 0.2) is 0 Å². The second kappa shape index (κ2) is 3.57. The van der Waals surface area contributed by atoms with Crippen molar-refractivity contribution in [2.24, 2.45) is 5.92 Å². The van der Waals surface area contributed by atoms with E-state index in [1.165, 1.54) is 25.7 Å². The maximum absolute atomic E-state index is 8.23. The van der Waals surface area contributed by atoms with Crippen molar-refractivity contribution in [2.45, 2.75) is 57.9 Å². The Kier molecular flexibility index (Phi) is 2.94. The van der Waals surface area contributed by atoms with E-state index in [-0.39, 0.29) is 5.54 Å². The zero-order valence-electron chi connectivity index (χ0n) is 7.82. The fourth-order valence-corrected chi connectivity index (χ4v) is 2.37. The first kappa shape index (κ1) is 9.05. The SMILES string of the molecule is CCC1CCCCC1([NH])CC. The molecule has 0 aromatic carbocycles. The zero-order chi connectivity index (χ0) is 8.32. The minimum atomic E-state index is -0.0625. The predicted octanol–water partition coefficient (Wildman–Crippen LogP) is 3.02. The Balaban J connectivity index is 2.57. The summed E-state index contributed by atoms with van der Waals surface area (Å²) in [4.78, 5) is 0. The summed E-state index contributed by atoms with van der Waals surface area (Å²) in [6, 6.07) is 0. The molecule has 1 rings (SSSR count). The Bertz CT molecular complexity index is 122. The maximum Gasteiger partial charge on any atom is 0.0349 e. The molecule has 1 heteroatoms. The molecule has 0 amide bonds.